The van der Waals surface area contributed by atoms with E-state index in [1.54, 1.807) is 31.1 Å². The average molecular weight is 270 g/mol. The minimum atomic E-state index is -0.481. The quantitative estimate of drug-likeness (QED) is 0.930. The van der Waals surface area contributed by atoms with Gasteiger partial charge in [-0.3, -0.25) is 4.68 Å². The summed E-state index contributed by atoms with van der Waals surface area (Å²) in [5.41, 5.74) is 7.54. The van der Waals surface area contributed by atoms with Crippen LogP contribution in [0.5, 0.6) is 5.75 Å². The van der Waals surface area contributed by atoms with Crippen molar-refractivity contribution >= 4 is 11.6 Å². The van der Waals surface area contributed by atoms with Crippen molar-refractivity contribution < 1.29 is 9.13 Å². The summed E-state index contributed by atoms with van der Waals surface area (Å²) in [7, 11) is 3.31. The lowest BCUT2D eigenvalue weighted by molar-refractivity contribution is 0.406. The molecular formula is C12H13ClFN3O. The van der Waals surface area contributed by atoms with Crippen molar-refractivity contribution in [1.82, 2.24) is 9.78 Å². The van der Waals surface area contributed by atoms with E-state index in [4.69, 9.17) is 22.1 Å². The third kappa shape index (κ3) is 2.19. The van der Waals surface area contributed by atoms with Crippen LogP contribution in [0.3, 0.4) is 0 Å². The van der Waals surface area contributed by atoms with Crippen LogP contribution >= 0.6 is 11.6 Å². The van der Waals surface area contributed by atoms with Gasteiger partial charge in [0.1, 0.15) is 11.5 Å². The number of ether oxygens (including phenoxy) is 1. The van der Waals surface area contributed by atoms with E-state index in [0.717, 1.165) is 0 Å². The Morgan fingerprint density at radius 1 is 1.50 bits per heavy atom. The lowest BCUT2D eigenvalue weighted by atomic mass is 10.0. The van der Waals surface area contributed by atoms with E-state index in [9.17, 15) is 4.39 Å². The monoisotopic (exact) mass is 269 g/mol. The van der Waals surface area contributed by atoms with E-state index in [2.05, 4.69) is 5.10 Å². The third-order valence-corrected chi connectivity index (χ3v) is 3.06. The number of rotatable bonds is 3. The standard InChI is InChI=1S/C12H13ClFN3O/c1-17-12(10(18-2)6-16-17)11(15)7-3-4-9(14)8(13)5-7/h3-6,11H,15H2,1-2H3. The molecule has 2 aromatic rings. The van der Waals surface area contributed by atoms with Crippen LogP contribution in [0.25, 0.3) is 0 Å². The molecule has 6 heteroatoms. The Bertz CT molecular complexity index is 570. The minimum absolute atomic E-state index is 0.0454. The van der Waals surface area contributed by atoms with Crippen molar-refractivity contribution in [2.24, 2.45) is 12.8 Å². The highest BCUT2D eigenvalue weighted by Crippen LogP contribution is 2.29. The van der Waals surface area contributed by atoms with Crippen LogP contribution in [0, 0.1) is 5.82 Å². The first-order chi connectivity index (χ1) is 8.54. The Morgan fingerprint density at radius 2 is 2.22 bits per heavy atom. The molecule has 0 saturated carbocycles. The number of aryl methyl sites for hydroxylation is 1. The first-order valence-corrected chi connectivity index (χ1v) is 5.68. The summed E-state index contributed by atoms with van der Waals surface area (Å²) in [5.74, 6) is 0.120. The molecule has 1 heterocycles. The SMILES string of the molecule is COc1cnn(C)c1C(N)c1ccc(F)c(Cl)c1. The zero-order valence-electron chi connectivity index (χ0n) is 10.0. The highest BCUT2D eigenvalue weighted by Gasteiger charge is 2.19. The van der Waals surface area contributed by atoms with Gasteiger partial charge < -0.3 is 10.5 Å². The topological polar surface area (TPSA) is 53.1 Å². The molecule has 0 fully saturated rings. The number of aromatic nitrogens is 2. The van der Waals surface area contributed by atoms with Crippen LogP contribution in [0.1, 0.15) is 17.3 Å². The number of hydrogen-bond acceptors (Lipinski definition) is 3. The fourth-order valence-corrected chi connectivity index (χ4v) is 1.99. The zero-order chi connectivity index (χ0) is 13.3. The Balaban J connectivity index is 2.44. The van der Waals surface area contributed by atoms with E-state index in [1.165, 1.54) is 12.1 Å². The van der Waals surface area contributed by atoms with Gasteiger partial charge in [0.05, 0.1) is 24.4 Å². The highest BCUT2D eigenvalue weighted by atomic mass is 35.5. The van der Waals surface area contributed by atoms with E-state index >= 15 is 0 Å². The molecule has 1 atom stereocenters. The molecule has 1 unspecified atom stereocenters. The molecule has 4 nitrogen and oxygen atoms in total. The van der Waals surface area contributed by atoms with Crippen LogP contribution in [-0.2, 0) is 7.05 Å². The molecule has 0 saturated heterocycles. The van der Waals surface area contributed by atoms with E-state index in [-0.39, 0.29) is 5.02 Å². The van der Waals surface area contributed by atoms with Gasteiger partial charge in [-0.2, -0.15) is 5.10 Å². The van der Waals surface area contributed by atoms with Crippen LogP contribution in [0.15, 0.2) is 24.4 Å². The van der Waals surface area contributed by atoms with Crippen molar-refractivity contribution in [3.8, 4) is 5.75 Å². The fraction of sp³-hybridized carbons (Fsp3) is 0.250. The molecule has 0 radical (unpaired) electrons. The maximum absolute atomic E-state index is 13.1. The third-order valence-electron chi connectivity index (χ3n) is 2.77. The molecule has 0 aliphatic rings. The Kier molecular flexibility index (Phi) is 3.54. The Morgan fingerprint density at radius 3 is 2.83 bits per heavy atom. The summed E-state index contributed by atoms with van der Waals surface area (Å²) in [6.45, 7) is 0. The largest absolute Gasteiger partial charge is 0.493 e. The zero-order valence-corrected chi connectivity index (χ0v) is 10.8. The van der Waals surface area contributed by atoms with Crippen molar-refractivity contribution in [1.29, 1.82) is 0 Å². The van der Waals surface area contributed by atoms with Gasteiger partial charge in [-0.1, -0.05) is 17.7 Å². The molecule has 18 heavy (non-hydrogen) atoms. The molecule has 96 valence electrons. The number of methoxy groups -OCH3 is 1. The molecule has 1 aromatic carbocycles. The predicted molar refractivity (Wildman–Crippen MR) is 67.2 cm³/mol. The Hall–Kier alpha value is -1.59. The van der Waals surface area contributed by atoms with Gasteiger partial charge in [0, 0.05) is 7.05 Å². The first-order valence-electron chi connectivity index (χ1n) is 5.31. The number of hydrogen-bond donors (Lipinski definition) is 1. The lowest BCUT2D eigenvalue weighted by Gasteiger charge is -2.14. The van der Waals surface area contributed by atoms with Crippen LogP contribution in [0.2, 0.25) is 5.02 Å². The van der Waals surface area contributed by atoms with Gasteiger partial charge in [-0.25, -0.2) is 4.39 Å². The van der Waals surface area contributed by atoms with E-state index < -0.39 is 11.9 Å². The molecule has 0 amide bonds. The van der Waals surface area contributed by atoms with Gasteiger partial charge in [0.15, 0.2) is 5.75 Å². The summed E-state index contributed by atoms with van der Waals surface area (Å²) < 4.78 is 19.9. The number of halogens is 2. The summed E-state index contributed by atoms with van der Waals surface area (Å²) in [6.07, 6.45) is 1.58. The molecule has 2 rings (SSSR count). The lowest BCUT2D eigenvalue weighted by Crippen LogP contribution is -2.17. The summed E-state index contributed by atoms with van der Waals surface area (Å²) in [6, 6.07) is 3.91. The number of nitrogens with zero attached hydrogens (tertiary/aromatic N) is 2. The first kappa shape index (κ1) is 12.9. The van der Waals surface area contributed by atoms with E-state index in [0.29, 0.717) is 17.0 Å². The minimum Gasteiger partial charge on any atom is -0.493 e. The summed E-state index contributed by atoms with van der Waals surface area (Å²) >= 11 is 5.75. The van der Waals surface area contributed by atoms with Gasteiger partial charge in [0.2, 0.25) is 0 Å². The van der Waals surface area contributed by atoms with Crippen LogP contribution < -0.4 is 10.5 Å². The highest BCUT2D eigenvalue weighted by molar-refractivity contribution is 6.30. The maximum atomic E-state index is 13.1. The van der Waals surface area contributed by atoms with Crippen molar-refractivity contribution in [3.05, 3.63) is 46.5 Å². The predicted octanol–water partition coefficient (Wildman–Crippen LogP) is 2.27. The second-order valence-corrected chi connectivity index (χ2v) is 4.28. The molecule has 1 aromatic heterocycles. The second-order valence-electron chi connectivity index (χ2n) is 3.87. The molecule has 0 aliphatic heterocycles. The van der Waals surface area contributed by atoms with Gasteiger partial charge in [-0.05, 0) is 17.7 Å². The van der Waals surface area contributed by atoms with Gasteiger partial charge in [0.25, 0.3) is 0 Å². The fourth-order valence-electron chi connectivity index (χ4n) is 1.80. The summed E-state index contributed by atoms with van der Waals surface area (Å²) in [5, 5.41) is 4.12. The van der Waals surface area contributed by atoms with Crippen molar-refractivity contribution in [3.63, 3.8) is 0 Å². The van der Waals surface area contributed by atoms with Crippen LogP contribution in [-0.4, -0.2) is 16.9 Å². The van der Waals surface area contributed by atoms with Gasteiger partial charge >= 0.3 is 0 Å². The van der Waals surface area contributed by atoms with Crippen molar-refractivity contribution in [2.45, 2.75) is 6.04 Å². The number of benzene rings is 1. The number of nitrogens with two attached hydrogens (primary N) is 1. The van der Waals surface area contributed by atoms with Crippen LogP contribution in [0.4, 0.5) is 4.39 Å². The van der Waals surface area contributed by atoms with E-state index in [1.807, 2.05) is 0 Å². The molecule has 0 aliphatic carbocycles. The average Bonchev–Trinajstić information content (AvgIpc) is 2.73. The smallest absolute Gasteiger partial charge is 0.161 e. The summed E-state index contributed by atoms with van der Waals surface area (Å²) in [4.78, 5) is 0. The maximum Gasteiger partial charge on any atom is 0.161 e. The van der Waals surface area contributed by atoms with Crippen molar-refractivity contribution in [2.75, 3.05) is 7.11 Å². The molecule has 0 bridgehead atoms. The normalized spacial score (nSPS) is 12.5. The molecule has 0 spiro atoms. The second kappa shape index (κ2) is 4.96. The Labute approximate surface area is 109 Å². The molecular weight excluding hydrogens is 257 g/mol. The van der Waals surface area contributed by atoms with Gasteiger partial charge in [-0.15, -0.1) is 0 Å². The molecule has 2 N–H and O–H groups in total.